The van der Waals surface area contributed by atoms with Crippen LogP contribution >= 0.6 is 0 Å². The number of fused-ring (bicyclic) bond motifs is 4. The molecule has 0 aliphatic carbocycles. The van der Waals surface area contributed by atoms with Gasteiger partial charge in [0.05, 0.1) is 22.6 Å². The van der Waals surface area contributed by atoms with Gasteiger partial charge in [-0.3, -0.25) is 4.98 Å². The second-order valence-corrected chi connectivity index (χ2v) is 29.8. The molecule has 4 heterocycles. The summed E-state index contributed by atoms with van der Waals surface area (Å²) >= 11 is -2.30. The topological polar surface area (TPSA) is 56.7 Å². The van der Waals surface area contributed by atoms with Gasteiger partial charge in [0, 0.05) is 36.7 Å². The molecule has 7 heteroatoms. The summed E-state index contributed by atoms with van der Waals surface area (Å²) in [5.41, 5.74) is 15.2. The van der Waals surface area contributed by atoms with Crippen molar-refractivity contribution < 1.29 is 27.3 Å². The summed E-state index contributed by atoms with van der Waals surface area (Å²) in [7, 11) is 0. The van der Waals surface area contributed by atoms with E-state index in [-0.39, 0.29) is 31.9 Å². The minimum absolute atomic E-state index is 0. The zero-order valence-electron chi connectivity index (χ0n) is 42.6. The van der Waals surface area contributed by atoms with Gasteiger partial charge >= 0.3 is 144 Å². The average Bonchev–Trinajstić information content (AvgIpc) is 3.97. The number of hydrogen-bond acceptors (Lipinski definition) is 4. The van der Waals surface area contributed by atoms with E-state index in [1.165, 1.54) is 22.3 Å². The third-order valence-corrected chi connectivity index (χ3v) is 16.9. The molecule has 0 saturated heterocycles. The summed E-state index contributed by atoms with van der Waals surface area (Å²) in [4.78, 5) is 15.3. The Balaban J connectivity index is 0.000000209. The maximum atomic E-state index is 8.85. The molecular weight excluding hydrogens is 1090 g/mol. The summed E-state index contributed by atoms with van der Waals surface area (Å²) in [6.45, 7) is 9.08. The molecular formula is C63H56GeIrN4O-2. The molecule has 0 aliphatic rings. The fraction of sp³-hybridized carbons (Fsp3) is 0.159. The second-order valence-electron chi connectivity index (χ2n) is 19.2. The molecule has 11 aromatic rings. The van der Waals surface area contributed by atoms with E-state index < -0.39 is 19.6 Å². The molecule has 11 rings (SSSR count). The largest absolute Gasteiger partial charge is 0 e. The van der Waals surface area contributed by atoms with Crippen LogP contribution in [0.1, 0.15) is 64.5 Å². The number of rotatable bonds is 10. The molecule has 349 valence electrons. The van der Waals surface area contributed by atoms with Crippen molar-refractivity contribution in [2.24, 2.45) is 0 Å². The number of benzene rings is 7. The van der Waals surface area contributed by atoms with Crippen molar-refractivity contribution in [2.45, 2.75) is 63.2 Å². The summed E-state index contributed by atoms with van der Waals surface area (Å²) in [5.74, 6) is 8.07. The van der Waals surface area contributed by atoms with Gasteiger partial charge in [-0.2, -0.15) is 0 Å². The molecule has 4 aromatic heterocycles. The monoisotopic (exact) mass is 1150 g/mol. The molecule has 0 saturated carbocycles. The molecule has 0 aliphatic heterocycles. The van der Waals surface area contributed by atoms with Crippen LogP contribution in [0.5, 0.6) is 0 Å². The normalized spacial score (nSPS) is 12.2. The first-order valence-corrected chi connectivity index (χ1v) is 31.2. The molecule has 0 unspecified atom stereocenters. The molecule has 7 aromatic carbocycles. The van der Waals surface area contributed by atoms with Gasteiger partial charge in [-0.15, -0.1) is 18.2 Å². The summed E-state index contributed by atoms with van der Waals surface area (Å²) in [6.07, 6.45) is 0.341. The number of hydrogen-bond donors (Lipinski definition) is 0. The van der Waals surface area contributed by atoms with Gasteiger partial charge in [0.15, 0.2) is 5.65 Å². The predicted molar refractivity (Wildman–Crippen MR) is 290 cm³/mol. The van der Waals surface area contributed by atoms with Gasteiger partial charge in [0.1, 0.15) is 5.58 Å². The Morgan fingerprint density at radius 2 is 1.26 bits per heavy atom. The minimum atomic E-state index is -2.30. The van der Waals surface area contributed by atoms with E-state index >= 15 is 0 Å². The fourth-order valence-corrected chi connectivity index (χ4v) is 12.0. The molecule has 0 N–H and O–H groups in total. The van der Waals surface area contributed by atoms with E-state index in [0.717, 1.165) is 82.7 Å². The SMILES string of the molecule is CC(C)c1cc(-c2ccccc2)cc(C(C)C)c1-n1c(-c2[c-]ccc3c2oc2ccccc23)nc2ccc(-c3ccccc3)nc21.[2H]C([2H])(c1ccccc1)c1cc(-c2[c-]cccc2)nc[c]1[Ge]([CH3])([CH3])[CH3].[Ir]. The Hall–Kier alpha value is -6.70. The zero-order valence-corrected chi connectivity index (χ0v) is 45.1. The zero-order chi connectivity index (χ0) is 49.4. The maximum absolute atomic E-state index is 8.85. The van der Waals surface area contributed by atoms with Gasteiger partial charge in [0.2, 0.25) is 0 Å². The minimum Gasteiger partial charge on any atom is 0 e. The number of furan rings is 1. The Kier molecular flexibility index (Phi) is 13.5. The summed E-state index contributed by atoms with van der Waals surface area (Å²) in [5, 5.41) is 2.13. The molecule has 1 radical (unpaired) electrons. The molecule has 0 spiro atoms. The number of para-hydroxylation sites is 1. The van der Waals surface area contributed by atoms with Gasteiger partial charge < -0.3 is 8.98 Å². The van der Waals surface area contributed by atoms with Crippen LogP contribution in [0.25, 0.3) is 83.8 Å². The van der Waals surface area contributed by atoms with Crippen LogP contribution in [-0.2, 0) is 26.5 Å². The van der Waals surface area contributed by atoms with Crippen LogP contribution in [0, 0.1) is 12.1 Å². The van der Waals surface area contributed by atoms with Crippen molar-refractivity contribution in [3.8, 4) is 50.7 Å². The van der Waals surface area contributed by atoms with Crippen LogP contribution in [-0.4, -0.2) is 32.8 Å². The third-order valence-electron chi connectivity index (χ3n) is 12.6. The Bertz CT molecular complexity index is 3630. The Morgan fingerprint density at radius 3 is 1.91 bits per heavy atom. The van der Waals surface area contributed by atoms with Crippen molar-refractivity contribution in [1.82, 2.24) is 19.5 Å². The van der Waals surface area contributed by atoms with Crippen LogP contribution < -0.4 is 4.40 Å². The second kappa shape index (κ2) is 20.7. The van der Waals surface area contributed by atoms with Crippen molar-refractivity contribution >= 4 is 50.8 Å². The van der Waals surface area contributed by atoms with Gasteiger partial charge in [-0.25, -0.2) is 4.98 Å². The molecule has 0 fully saturated rings. The summed E-state index contributed by atoms with van der Waals surface area (Å²) < 4.78 is 27.6. The van der Waals surface area contributed by atoms with Crippen molar-refractivity contribution in [3.05, 3.63) is 223 Å². The van der Waals surface area contributed by atoms with E-state index in [1.807, 2.05) is 91.1 Å². The van der Waals surface area contributed by atoms with Gasteiger partial charge in [-0.05, 0) is 64.4 Å². The van der Waals surface area contributed by atoms with E-state index in [2.05, 4.69) is 164 Å². The third kappa shape index (κ3) is 9.87. The standard InChI is InChI=1S/C42H34N3O.C21H22GeN.Ir/c1-26(2)34-24-30(28-14-7-5-8-15-28)25-35(27(3)4)39(34)45-41(33-20-13-19-32-31-18-11-12-21-38(31)46-40(32)33)44-37-23-22-36(43-42(37)45)29-16-9-6-10-17-29;1-22(2,3)20-16-23-21(18-12-8-5-9-13-18)15-19(20)14-17-10-6-4-7-11-17;/h5-19,21-27H,1-4H3;4-12,15-16H,14H2,1-3H3;/q2*-1;/i;14D2;. The van der Waals surface area contributed by atoms with Crippen LogP contribution in [0.3, 0.4) is 0 Å². The van der Waals surface area contributed by atoms with E-state index in [0.29, 0.717) is 5.56 Å². The number of imidazole rings is 1. The first-order valence-electron chi connectivity index (χ1n) is 24.8. The number of nitrogens with zero attached hydrogens (tertiary/aromatic N) is 4. The smallest absolute Gasteiger partial charge is 0 e. The maximum Gasteiger partial charge on any atom is 0 e. The molecule has 5 nitrogen and oxygen atoms in total. The van der Waals surface area contributed by atoms with Crippen LogP contribution in [0.4, 0.5) is 0 Å². The number of pyridine rings is 2. The van der Waals surface area contributed by atoms with Crippen molar-refractivity contribution in [3.63, 3.8) is 0 Å². The van der Waals surface area contributed by atoms with E-state index in [1.54, 1.807) is 0 Å². The Labute approximate surface area is 431 Å². The van der Waals surface area contributed by atoms with Crippen LogP contribution in [0.15, 0.2) is 193 Å². The van der Waals surface area contributed by atoms with Crippen molar-refractivity contribution in [1.29, 1.82) is 0 Å². The Morgan fingerprint density at radius 1 is 0.614 bits per heavy atom. The fourth-order valence-electron chi connectivity index (χ4n) is 9.11. The molecule has 70 heavy (non-hydrogen) atoms. The predicted octanol–water partition coefficient (Wildman–Crippen LogP) is 16.1. The summed E-state index contributed by atoms with van der Waals surface area (Å²) in [6, 6.07) is 67.9. The van der Waals surface area contributed by atoms with Gasteiger partial charge in [0.25, 0.3) is 0 Å². The van der Waals surface area contributed by atoms with E-state index in [9.17, 15) is 0 Å². The van der Waals surface area contributed by atoms with Gasteiger partial charge in [-0.1, -0.05) is 118 Å². The van der Waals surface area contributed by atoms with Crippen molar-refractivity contribution in [2.75, 3.05) is 0 Å². The van der Waals surface area contributed by atoms with Crippen LogP contribution in [0.2, 0.25) is 17.3 Å². The average molecular weight is 1150 g/mol. The number of aromatic nitrogens is 4. The first kappa shape index (κ1) is 45.7. The molecule has 0 atom stereocenters. The first-order chi connectivity index (χ1) is 34.3. The molecule has 0 amide bonds. The molecule has 0 bridgehead atoms. The van der Waals surface area contributed by atoms with E-state index in [4.69, 9.17) is 17.1 Å². The quantitative estimate of drug-likeness (QED) is 0.101.